The zero-order valence-electron chi connectivity index (χ0n) is 10.9. The maximum Gasteiger partial charge on any atom is 0.244 e. The Balaban J connectivity index is 2.17. The number of sulfonamides is 1. The van der Waals surface area contributed by atoms with Gasteiger partial charge in [0.1, 0.15) is 16.4 Å². The first-order chi connectivity index (χ1) is 9.42. The van der Waals surface area contributed by atoms with E-state index in [0.29, 0.717) is 16.5 Å². The standard InChI is InChI=1S/C13H15ClN2O3S/c1-9-13(6-12(7-15)19-9)20(17,18)16-8-10-3-2-4-11(14)5-10/h2-6,16H,7-8,15H2,1H3. The highest BCUT2D eigenvalue weighted by Gasteiger charge is 2.20. The Morgan fingerprint density at radius 1 is 1.35 bits per heavy atom. The Hall–Kier alpha value is -1.34. The monoisotopic (exact) mass is 314 g/mol. The summed E-state index contributed by atoms with van der Waals surface area (Å²) in [7, 11) is -3.63. The van der Waals surface area contributed by atoms with E-state index in [9.17, 15) is 8.42 Å². The van der Waals surface area contributed by atoms with Gasteiger partial charge in [0, 0.05) is 17.6 Å². The van der Waals surface area contributed by atoms with Gasteiger partial charge in [0.05, 0.1) is 6.54 Å². The van der Waals surface area contributed by atoms with Crippen molar-refractivity contribution in [3.8, 4) is 0 Å². The number of hydrogen-bond acceptors (Lipinski definition) is 4. The lowest BCUT2D eigenvalue weighted by molar-refractivity contribution is 0.478. The summed E-state index contributed by atoms with van der Waals surface area (Å²) in [5, 5.41) is 0.562. The highest BCUT2D eigenvalue weighted by Crippen LogP contribution is 2.20. The van der Waals surface area contributed by atoms with Crippen LogP contribution < -0.4 is 10.5 Å². The van der Waals surface area contributed by atoms with E-state index in [1.165, 1.54) is 6.07 Å². The molecule has 0 aliphatic rings. The number of nitrogens with one attached hydrogen (secondary N) is 1. The molecule has 0 aliphatic carbocycles. The lowest BCUT2D eigenvalue weighted by Gasteiger charge is -2.06. The third-order valence-electron chi connectivity index (χ3n) is 2.77. The molecule has 2 rings (SSSR count). The van der Waals surface area contributed by atoms with Crippen LogP contribution in [0.25, 0.3) is 0 Å². The predicted octanol–water partition coefficient (Wildman–Crippen LogP) is 2.18. The summed E-state index contributed by atoms with van der Waals surface area (Å²) in [5.41, 5.74) is 6.21. The predicted molar refractivity (Wildman–Crippen MR) is 76.8 cm³/mol. The minimum atomic E-state index is -3.63. The van der Waals surface area contributed by atoms with Gasteiger partial charge in [0.25, 0.3) is 0 Å². The molecule has 2 aromatic rings. The number of benzene rings is 1. The zero-order valence-corrected chi connectivity index (χ0v) is 12.5. The van der Waals surface area contributed by atoms with Crippen molar-refractivity contribution >= 4 is 21.6 Å². The van der Waals surface area contributed by atoms with E-state index in [1.54, 1.807) is 31.2 Å². The lowest BCUT2D eigenvalue weighted by Crippen LogP contribution is -2.23. The van der Waals surface area contributed by atoms with Crippen LogP contribution in [0, 0.1) is 6.92 Å². The molecule has 0 bridgehead atoms. The molecule has 0 spiro atoms. The van der Waals surface area contributed by atoms with Crippen molar-refractivity contribution in [1.29, 1.82) is 0 Å². The van der Waals surface area contributed by atoms with E-state index >= 15 is 0 Å². The fourth-order valence-electron chi connectivity index (χ4n) is 1.79. The van der Waals surface area contributed by atoms with Crippen LogP contribution in [0.4, 0.5) is 0 Å². The van der Waals surface area contributed by atoms with Gasteiger partial charge in [-0.2, -0.15) is 0 Å². The molecule has 7 heteroatoms. The van der Waals surface area contributed by atoms with Crippen LogP contribution in [0.2, 0.25) is 5.02 Å². The van der Waals surface area contributed by atoms with Gasteiger partial charge in [0.15, 0.2) is 0 Å². The summed E-state index contributed by atoms with van der Waals surface area (Å²) >= 11 is 5.85. The van der Waals surface area contributed by atoms with Gasteiger partial charge in [-0.1, -0.05) is 23.7 Å². The molecule has 3 N–H and O–H groups in total. The molecule has 0 unspecified atom stereocenters. The van der Waals surface area contributed by atoms with Crippen LogP contribution in [0.1, 0.15) is 17.1 Å². The molecule has 1 aromatic heterocycles. The molecule has 0 amide bonds. The third kappa shape index (κ3) is 3.40. The summed E-state index contributed by atoms with van der Waals surface area (Å²) in [6.45, 7) is 1.91. The second kappa shape index (κ2) is 5.97. The number of nitrogens with two attached hydrogens (primary N) is 1. The van der Waals surface area contributed by atoms with Crippen LogP contribution in [0.15, 0.2) is 39.6 Å². The average Bonchev–Trinajstić information content (AvgIpc) is 2.79. The van der Waals surface area contributed by atoms with Crippen molar-refractivity contribution in [3.63, 3.8) is 0 Å². The maximum absolute atomic E-state index is 12.2. The van der Waals surface area contributed by atoms with Crippen LogP contribution in [0.5, 0.6) is 0 Å². The van der Waals surface area contributed by atoms with Crippen molar-refractivity contribution in [1.82, 2.24) is 4.72 Å². The van der Waals surface area contributed by atoms with Gasteiger partial charge < -0.3 is 10.2 Å². The van der Waals surface area contributed by atoms with Crippen molar-refractivity contribution in [3.05, 3.63) is 52.4 Å². The largest absolute Gasteiger partial charge is 0.464 e. The Morgan fingerprint density at radius 2 is 2.10 bits per heavy atom. The van der Waals surface area contributed by atoms with Gasteiger partial charge in [-0.15, -0.1) is 0 Å². The van der Waals surface area contributed by atoms with Crippen molar-refractivity contribution < 1.29 is 12.8 Å². The summed E-state index contributed by atoms with van der Waals surface area (Å²) in [5.74, 6) is 0.759. The molecule has 20 heavy (non-hydrogen) atoms. The Labute approximate surface area is 122 Å². The minimum Gasteiger partial charge on any atom is -0.464 e. The van der Waals surface area contributed by atoms with E-state index in [0.717, 1.165) is 5.56 Å². The first-order valence-electron chi connectivity index (χ1n) is 5.96. The molecular weight excluding hydrogens is 300 g/mol. The maximum atomic E-state index is 12.2. The van der Waals surface area contributed by atoms with E-state index in [4.69, 9.17) is 21.8 Å². The summed E-state index contributed by atoms with van der Waals surface area (Å²) < 4.78 is 32.2. The van der Waals surface area contributed by atoms with Gasteiger partial charge in [0.2, 0.25) is 10.0 Å². The molecule has 1 heterocycles. The van der Waals surface area contributed by atoms with E-state index in [2.05, 4.69) is 4.72 Å². The van der Waals surface area contributed by atoms with E-state index in [-0.39, 0.29) is 18.0 Å². The molecule has 108 valence electrons. The molecule has 0 aliphatic heterocycles. The average molecular weight is 315 g/mol. The molecule has 0 fully saturated rings. The van der Waals surface area contributed by atoms with Crippen molar-refractivity contribution in [2.24, 2.45) is 5.73 Å². The van der Waals surface area contributed by atoms with E-state index < -0.39 is 10.0 Å². The molecule has 0 atom stereocenters. The lowest BCUT2D eigenvalue weighted by atomic mass is 10.2. The third-order valence-corrected chi connectivity index (χ3v) is 4.51. The van der Waals surface area contributed by atoms with Crippen LogP contribution in [-0.2, 0) is 23.1 Å². The van der Waals surface area contributed by atoms with Crippen molar-refractivity contribution in [2.75, 3.05) is 0 Å². The van der Waals surface area contributed by atoms with Gasteiger partial charge in [-0.05, 0) is 24.6 Å². The normalized spacial score (nSPS) is 11.8. The van der Waals surface area contributed by atoms with Gasteiger partial charge in [-0.3, -0.25) is 0 Å². The van der Waals surface area contributed by atoms with Crippen LogP contribution >= 0.6 is 11.6 Å². The second-order valence-corrected chi connectivity index (χ2v) is 6.46. The Morgan fingerprint density at radius 3 is 2.70 bits per heavy atom. The summed E-state index contributed by atoms with van der Waals surface area (Å²) in [6, 6.07) is 8.43. The molecule has 0 saturated heterocycles. The number of furan rings is 1. The topological polar surface area (TPSA) is 85.3 Å². The minimum absolute atomic E-state index is 0.111. The fourth-order valence-corrected chi connectivity index (χ4v) is 3.23. The quantitative estimate of drug-likeness (QED) is 0.885. The zero-order chi connectivity index (χ0) is 14.8. The SMILES string of the molecule is Cc1oc(CN)cc1S(=O)(=O)NCc1cccc(Cl)c1. The molecule has 0 radical (unpaired) electrons. The molecule has 5 nitrogen and oxygen atoms in total. The molecule has 0 saturated carbocycles. The molecule has 1 aromatic carbocycles. The van der Waals surface area contributed by atoms with Crippen LogP contribution in [-0.4, -0.2) is 8.42 Å². The number of hydrogen-bond donors (Lipinski definition) is 2. The summed E-state index contributed by atoms with van der Waals surface area (Å²) in [4.78, 5) is 0.111. The first-order valence-corrected chi connectivity index (χ1v) is 7.82. The Kier molecular flexibility index (Phi) is 4.49. The van der Waals surface area contributed by atoms with Crippen molar-refractivity contribution in [2.45, 2.75) is 24.9 Å². The first kappa shape index (κ1) is 15.1. The fraction of sp³-hybridized carbons (Fsp3) is 0.231. The number of halogens is 1. The second-order valence-electron chi connectivity index (χ2n) is 4.29. The molecular formula is C13H15ClN2O3S. The smallest absolute Gasteiger partial charge is 0.244 e. The van der Waals surface area contributed by atoms with Gasteiger partial charge in [-0.25, -0.2) is 13.1 Å². The van der Waals surface area contributed by atoms with E-state index in [1.807, 2.05) is 0 Å². The van der Waals surface area contributed by atoms with Gasteiger partial charge >= 0.3 is 0 Å². The summed E-state index contributed by atoms with van der Waals surface area (Å²) in [6.07, 6.45) is 0. The Bertz CT molecular complexity index is 710. The highest BCUT2D eigenvalue weighted by atomic mass is 35.5. The number of aryl methyl sites for hydroxylation is 1. The highest BCUT2D eigenvalue weighted by molar-refractivity contribution is 7.89. The number of rotatable bonds is 5. The van der Waals surface area contributed by atoms with Crippen LogP contribution in [0.3, 0.4) is 0 Å².